The first-order valence-corrected chi connectivity index (χ1v) is 5.94. The van der Waals surface area contributed by atoms with Crippen LogP contribution in [0.5, 0.6) is 5.75 Å². The van der Waals surface area contributed by atoms with Gasteiger partial charge in [-0.3, -0.25) is 0 Å². The third-order valence-corrected chi connectivity index (χ3v) is 2.86. The second-order valence-corrected chi connectivity index (χ2v) is 4.42. The van der Waals surface area contributed by atoms with Crippen LogP contribution >= 0.6 is 0 Å². The molecule has 1 N–H and O–H groups in total. The van der Waals surface area contributed by atoms with E-state index in [-0.39, 0.29) is 0 Å². The van der Waals surface area contributed by atoms with Gasteiger partial charge in [-0.2, -0.15) is 0 Å². The highest BCUT2D eigenvalue weighted by molar-refractivity contribution is 5.96. The standard InChI is InChI=1S/C14H18N2O2/c1-10(17)9-16(2)14-12-5-4-6-13(18-3)11(12)7-8-15-14/h4-8,10,17H,9H2,1-3H3. The summed E-state index contributed by atoms with van der Waals surface area (Å²) < 4.78 is 5.35. The average molecular weight is 246 g/mol. The van der Waals surface area contributed by atoms with Gasteiger partial charge in [-0.25, -0.2) is 4.98 Å². The number of hydrogen-bond donors (Lipinski definition) is 1. The van der Waals surface area contributed by atoms with E-state index in [0.29, 0.717) is 6.54 Å². The molecule has 1 aromatic carbocycles. The minimum absolute atomic E-state index is 0.391. The first-order valence-electron chi connectivity index (χ1n) is 5.94. The summed E-state index contributed by atoms with van der Waals surface area (Å²) in [6.07, 6.45) is 1.37. The van der Waals surface area contributed by atoms with Crippen LogP contribution in [-0.2, 0) is 0 Å². The van der Waals surface area contributed by atoms with E-state index in [1.807, 2.05) is 36.2 Å². The topological polar surface area (TPSA) is 45.6 Å². The molecule has 0 fully saturated rings. The van der Waals surface area contributed by atoms with Crippen molar-refractivity contribution in [1.82, 2.24) is 4.98 Å². The number of rotatable bonds is 4. The van der Waals surface area contributed by atoms with Crippen molar-refractivity contribution in [2.75, 3.05) is 25.6 Å². The number of benzene rings is 1. The number of likely N-dealkylation sites (N-methyl/N-ethyl adjacent to an activating group) is 1. The Hall–Kier alpha value is -1.81. The molecule has 1 heterocycles. The summed E-state index contributed by atoms with van der Waals surface area (Å²) >= 11 is 0. The number of aliphatic hydroxyl groups is 1. The van der Waals surface area contributed by atoms with Gasteiger partial charge in [-0.1, -0.05) is 12.1 Å². The predicted molar refractivity (Wildman–Crippen MR) is 73.2 cm³/mol. The molecule has 1 atom stereocenters. The number of ether oxygens (including phenoxy) is 1. The molecule has 2 rings (SSSR count). The van der Waals surface area contributed by atoms with Gasteiger partial charge in [-0.15, -0.1) is 0 Å². The fraction of sp³-hybridized carbons (Fsp3) is 0.357. The van der Waals surface area contributed by atoms with Crippen LogP contribution in [0, 0.1) is 0 Å². The zero-order valence-corrected chi connectivity index (χ0v) is 10.9. The molecule has 2 aromatic rings. The number of nitrogens with zero attached hydrogens (tertiary/aromatic N) is 2. The van der Waals surface area contributed by atoms with Gasteiger partial charge in [0.15, 0.2) is 0 Å². The number of hydrogen-bond acceptors (Lipinski definition) is 4. The number of fused-ring (bicyclic) bond motifs is 1. The number of anilines is 1. The Kier molecular flexibility index (Phi) is 3.67. The van der Waals surface area contributed by atoms with Crippen LogP contribution in [-0.4, -0.2) is 36.9 Å². The smallest absolute Gasteiger partial charge is 0.136 e. The lowest BCUT2D eigenvalue weighted by Crippen LogP contribution is -2.27. The molecule has 1 aromatic heterocycles. The summed E-state index contributed by atoms with van der Waals surface area (Å²) in [4.78, 5) is 6.35. The Morgan fingerprint density at radius 2 is 2.11 bits per heavy atom. The van der Waals surface area contributed by atoms with Crippen LogP contribution in [0.25, 0.3) is 10.8 Å². The number of aliphatic hydroxyl groups excluding tert-OH is 1. The minimum Gasteiger partial charge on any atom is -0.496 e. The lowest BCUT2D eigenvalue weighted by atomic mass is 10.1. The average Bonchev–Trinajstić information content (AvgIpc) is 2.36. The number of methoxy groups -OCH3 is 1. The molecule has 0 radical (unpaired) electrons. The molecule has 4 nitrogen and oxygen atoms in total. The first-order chi connectivity index (χ1) is 8.63. The Labute approximate surface area is 107 Å². The van der Waals surface area contributed by atoms with Gasteiger partial charge in [0.25, 0.3) is 0 Å². The van der Waals surface area contributed by atoms with Gasteiger partial charge < -0.3 is 14.7 Å². The Morgan fingerprint density at radius 1 is 1.33 bits per heavy atom. The van der Waals surface area contributed by atoms with Crippen LogP contribution < -0.4 is 9.64 Å². The van der Waals surface area contributed by atoms with Crippen LogP contribution in [0.15, 0.2) is 30.5 Å². The van der Waals surface area contributed by atoms with Crippen molar-refractivity contribution in [2.45, 2.75) is 13.0 Å². The van der Waals surface area contributed by atoms with Crippen molar-refractivity contribution < 1.29 is 9.84 Å². The normalized spacial score (nSPS) is 12.4. The molecule has 0 saturated heterocycles. The maximum absolute atomic E-state index is 9.46. The summed E-state index contributed by atoms with van der Waals surface area (Å²) in [5.74, 6) is 1.69. The van der Waals surface area contributed by atoms with Crippen LogP contribution in [0.3, 0.4) is 0 Å². The lowest BCUT2D eigenvalue weighted by molar-refractivity contribution is 0.201. The van der Waals surface area contributed by atoms with Crippen molar-refractivity contribution in [1.29, 1.82) is 0 Å². The molecule has 0 aliphatic carbocycles. The van der Waals surface area contributed by atoms with E-state index in [9.17, 15) is 5.11 Å². The third-order valence-electron chi connectivity index (χ3n) is 2.86. The van der Waals surface area contributed by atoms with E-state index in [1.165, 1.54) is 0 Å². The molecular formula is C14H18N2O2. The molecule has 1 unspecified atom stereocenters. The van der Waals surface area contributed by atoms with Crippen LogP contribution in [0.1, 0.15) is 6.92 Å². The van der Waals surface area contributed by atoms with E-state index in [2.05, 4.69) is 4.98 Å². The van der Waals surface area contributed by atoms with Crippen LogP contribution in [0.4, 0.5) is 5.82 Å². The van der Waals surface area contributed by atoms with E-state index in [0.717, 1.165) is 22.3 Å². The fourth-order valence-electron chi connectivity index (χ4n) is 2.13. The predicted octanol–water partition coefficient (Wildman–Crippen LogP) is 2.06. The molecular weight excluding hydrogens is 228 g/mol. The van der Waals surface area contributed by atoms with E-state index >= 15 is 0 Å². The molecule has 4 heteroatoms. The Morgan fingerprint density at radius 3 is 2.78 bits per heavy atom. The largest absolute Gasteiger partial charge is 0.496 e. The highest BCUT2D eigenvalue weighted by Crippen LogP contribution is 2.30. The summed E-state index contributed by atoms with van der Waals surface area (Å²) in [5, 5.41) is 11.5. The van der Waals surface area contributed by atoms with Crippen LogP contribution in [0.2, 0.25) is 0 Å². The summed E-state index contributed by atoms with van der Waals surface area (Å²) in [5.41, 5.74) is 0. The van der Waals surface area contributed by atoms with Gasteiger partial charge in [0.05, 0.1) is 13.2 Å². The highest BCUT2D eigenvalue weighted by atomic mass is 16.5. The molecule has 0 saturated carbocycles. The molecule has 0 bridgehead atoms. The SMILES string of the molecule is COc1cccc2c(N(C)CC(C)O)nccc12. The zero-order valence-electron chi connectivity index (χ0n) is 10.9. The maximum atomic E-state index is 9.46. The molecule has 0 aliphatic heterocycles. The van der Waals surface area contributed by atoms with Gasteiger partial charge in [0.2, 0.25) is 0 Å². The van der Waals surface area contributed by atoms with Crippen molar-refractivity contribution in [3.63, 3.8) is 0 Å². The van der Waals surface area contributed by atoms with Crippen molar-refractivity contribution in [2.24, 2.45) is 0 Å². The summed E-state index contributed by atoms with van der Waals surface area (Å²) in [6, 6.07) is 7.83. The number of aromatic nitrogens is 1. The minimum atomic E-state index is -0.391. The zero-order chi connectivity index (χ0) is 13.1. The maximum Gasteiger partial charge on any atom is 0.136 e. The van der Waals surface area contributed by atoms with Gasteiger partial charge >= 0.3 is 0 Å². The van der Waals surface area contributed by atoms with E-state index in [1.54, 1.807) is 20.2 Å². The Bertz CT molecular complexity index is 540. The molecule has 0 spiro atoms. The van der Waals surface area contributed by atoms with Gasteiger partial charge in [0.1, 0.15) is 11.6 Å². The van der Waals surface area contributed by atoms with E-state index in [4.69, 9.17) is 4.74 Å². The van der Waals surface area contributed by atoms with Crippen molar-refractivity contribution in [3.8, 4) is 5.75 Å². The molecule has 0 aliphatic rings. The number of pyridine rings is 1. The molecule has 96 valence electrons. The second kappa shape index (κ2) is 5.23. The monoisotopic (exact) mass is 246 g/mol. The second-order valence-electron chi connectivity index (χ2n) is 4.42. The highest BCUT2D eigenvalue weighted by Gasteiger charge is 2.11. The first kappa shape index (κ1) is 12.6. The molecule has 18 heavy (non-hydrogen) atoms. The van der Waals surface area contributed by atoms with Crippen molar-refractivity contribution in [3.05, 3.63) is 30.5 Å². The van der Waals surface area contributed by atoms with E-state index < -0.39 is 6.10 Å². The Balaban J connectivity index is 2.52. The fourth-order valence-corrected chi connectivity index (χ4v) is 2.13. The lowest BCUT2D eigenvalue weighted by Gasteiger charge is -2.21. The van der Waals surface area contributed by atoms with Crippen molar-refractivity contribution >= 4 is 16.6 Å². The third kappa shape index (κ3) is 2.38. The van der Waals surface area contributed by atoms with Gasteiger partial charge in [0, 0.05) is 30.6 Å². The van der Waals surface area contributed by atoms with Gasteiger partial charge in [-0.05, 0) is 19.1 Å². The summed E-state index contributed by atoms with van der Waals surface area (Å²) in [6.45, 7) is 2.31. The summed E-state index contributed by atoms with van der Waals surface area (Å²) in [7, 11) is 3.59. The molecule has 0 amide bonds. The quantitative estimate of drug-likeness (QED) is 0.897.